The van der Waals surface area contributed by atoms with Crippen molar-refractivity contribution >= 4 is 5.91 Å². The van der Waals surface area contributed by atoms with E-state index in [0.717, 1.165) is 5.56 Å². The van der Waals surface area contributed by atoms with Crippen molar-refractivity contribution < 1.29 is 13.6 Å². The number of nitrogens with one attached hydrogen (secondary N) is 1. The molecule has 1 aromatic carbocycles. The summed E-state index contributed by atoms with van der Waals surface area (Å²) in [4.78, 5) is 11.6. The Kier molecular flexibility index (Phi) is 4.82. The van der Waals surface area contributed by atoms with Crippen molar-refractivity contribution in [1.29, 1.82) is 0 Å². The van der Waals surface area contributed by atoms with Crippen LogP contribution in [-0.4, -0.2) is 5.91 Å². The fourth-order valence-corrected chi connectivity index (χ4v) is 1.84. The molecule has 0 aliphatic rings. The second-order valence-electron chi connectivity index (χ2n) is 4.75. The standard InChI is InChI=1S/C14H19F2NO/c1-8(2)14(18)17-10(4)11-6-5-7-12(9(11)3)13(15)16/h5-8,10,13H,1-4H3,(H,17,18)/t10-/m1/s1. The lowest BCUT2D eigenvalue weighted by molar-refractivity contribution is -0.124. The Bertz CT molecular complexity index is 430. The van der Waals surface area contributed by atoms with Gasteiger partial charge in [0.1, 0.15) is 0 Å². The van der Waals surface area contributed by atoms with Crippen LogP contribution >= 0.6 is 0 Å². The van der Waals surface area contributed by atoms with Gasteiger partial charge in [-0.3, -0.25) is 4.79 Å². The zero-order chi connectivity index (χ0) is 13.9. The number of amides is 1. The van der Waals surface area contributed by atoms with Crippen molar-refractivity contribution in [3.8, 4) is 0 Å². The summed E-state index contributed by atoms with van der Waals surface area (Å²) in [6, 6.07) is 4.52. The van der Waals surface area contributed by atoms with Gasteiger partial charge in [-0.05, 0) is 25.0 Å². The second-order valence-corrected chi connectivity index (χ2v) is 4.75. The molecular weight excluding hydrogens is 236 g/mol. The quantitative estimate of drug-likeness (QED) is 0.871. The first kappa shape index (κ1) is 14.6. The molecule has 0 aliphatic heterocycles. The molecule has 0 aliphatic carbocycles. The van der Waals surface area contributed by atoms with Crippen LogP contribution in [-0.2, 0) is 4.79 Å². The lowest BCUT2D eigenvalue weighted by atomic mass is 9.97. The van der Waals surface area contributed by atoms with Gasteiger partial charge in [0.15, 0.2) is 0 Å². The average Bonchev–Trinajstić information content (AvgIpc) is 2.28. The number of hydrogen-bond donors (Lipinski definition) is 1. The molecule has 1 aromatic rings. The van der Waals surface area contributed by atoms with Gasteiger partial charge in [-0.25, -0.2) is 8.78 Å². The summed E-state index contributed by atoms with van der Waals surface area (Å²) in [7, 11) is 0. The van der Waals surface area contributed by atoms with Gasteiger partial charge in [0, 0.05) is 11.5 Å². The summed E-state index contributed by atoms with van der Waals surface area (Å²) in [6.07, 6.45) is -2.49. The van der Waals surface area contributed by atoms with Gasteiger partial charge in [-0.1, -0.05) is 32.0 Å². The van der Waals surface area contributed by atoms with Crippen LogP contribution in [0, 0.1) is 12.8 Å². The first-order chi connectivity index (χ1) is 8.34. The van der Waals surface area contributed by atoms with E-state index in [1.54, 1.807) is 39.8 Å². The molecule has 2 nitrogen and oxygen atoms in total. The molecular formula is C14H19F2NO. The van der Waals surface area contributed by atoms with E-state index in [2.05, 4.69) is 5.32 Å². The molecule has 0 bridgehead atoms. The van der Waals surface area contributed by atoms with E-state index in [0.29, 0.717) is 5.56 Å². The third-order valence-corrected chi connectivity index (χ3v) is 3.00. The van der Waals surface area contributed by atoms with Crippen LogP contribution in [0.3, 0.4) is 0 Å². The van der Waals surface area contributed by atoms with Crippen molar-refractivity contribution in [3.05, 3.63) is 34.9 Å². The summed E-state index contributed by atoms with van der Waals surface area (Å²) < 4.78 is 25.5. The van der Waals surface area contributed by atoms with Crippen LogP contribution in [0.1, 0.15) is 49.9 Å². The van der Waals surface area contributed by atoms with Crippen LogP contribution in [0.4, 0.5) is 8.78 Å². The van der Waals surface area contributed by atoms with E-state index in [4.69, 9.17) is 0 Å². The van der Waals surface area contributed by atoms with Crippen LogP contribution in [0.25, 0.3) is 0 Å². The smallest absolute Gasteiger partial charge is 0.264 e. The van der Waals surface area contributed by atoms with E-state index in [-0.39, 0.29) is 23.4 Å². The summed E-state index contributed by atoms with van der Waals surface area (Å²) in [5, 5.41) is 2.82. The molecule has 1 N–H and O–H groups in total. The molecule has 1 amide bonds. The number of alkyl halides is 2. The summed E-state index contributed by atoms with van der Waals surface area (Å²) in [5.41, 5.74) is 1.31. The second kappa shape index (κ2) is 5.94. The molecule has 0 fully saturated rings. The molecule has 100 valence electrons. The molecule has 1 atom stereocenters. The van der Waals surface area contributed by atoms with Gasteiger partial charge in [-0.2, -0.15) is 0 Å². The summed E-state index contributed by atoms with van der Waals surface area (Å²) in [5.74, 6) is -0.199. The predicted molar refractivity (Wildman–Crippen MR) is 67.5 cm³/mol. The highest BCUT2D eigenvalue weighted by Crippen LogP contribution is 2.27. The van der Waals surface area contributed by atoms with Gasteiger partial charge in [0.05, 0.1) is 6.04 Å². The lowest BCUT2D eigenvalue weighted by Crippen LogP contribution is -2.30. The molecule has 1 rings (SSSR count). The van der Waals surface area contributed by atoms with Crippen molar-refractivity contribution in [2.45, 2.75) is 40.2 Å². The Labute approximate surface area is 106 Å². The molecule has 0 aromatic heterocycles. The zero-order valence-electron chi connectivity index (χ0n) is 11.1. The lowest BCUT2D eigenvalue weighted by Gasteiger charge is -2.19. The number of hydrogen-bond acceptors (Lipinski definition) is 1. The van der Waals surface area contributed by atoms with Gasteiger partial charge in [0.2, 0.25) is 5.91 Å². The van der Waals surface area contributed by atoms with E-state index < -0.39 is 6.43 Å². The Morgan fingerprint density at radius 3 is 2.22 bits per heavy atom. The molecule has 18 heavy (non-hydrogen) atoms. The highest BCUT2D eigenvalue weighted by molar-refractivity contribution is 5.78. The number of carbonyl (C=O) groups excluding carboxylic acids is 1. The van der Waals surface area contributed by atoms with E-state index in [1.807, 2.05) is 0 Å². The maximum absolute atomic E-state index is 12.8. The Balaban J connectivity index is 2.96. The van der Waals surface area contributed by atoms with Gasteiger partial charge < -0.3 is 5.32 Å². The minimum Gasteiger partial charge on any atom is -0.349 e. The summed E-state index contributed by atoms with van der Waals surface area (Å²) >= 11 is 0. The van der Waals surface area contributed by atoms with E-state index in [9.17, 15) is 13.6 Å². The third kappa shape index (κ3) is 3.28. The zero-order valence-corrected chi connectivity index (χ0v) is 11.1. The van der Waals surface area contributed by atoms with Crippen molar-refractivity contribution in [2.75, 3.05) is 0 Å². The Morgan fingerprint density at radius 2 is 1.72 bits per heavy atom. The minimum atomic E-state index is -2.49. The van der Waals surface area contributed by atoms with Crippen molar-refractivity contribution in [3.63, 3.8) is 0 Å². The van der Waals surface area contributed by atoms with Crippen LogP contribution in [0.15, 0.2) is 18.2 Å². The van der Waals surface area contributed by atoms with Gasteiger partial charge >= 0.3 is 0 Å². The molecule has 0 spiro atoms. The Morgan fingerprint density at radius 1 is 1.17 bits per heavy atom. The third-order valence-electron chi connectivity index (χ3n) is 3.00. The number of rotatable bonds is 4. The van der Waals surface area contributed by atoms with E-state index >= 15 is 0 Å². The fourth-order valence-electron chi connectivity index (χ4n) is 1.84. The van der Waals surface area contributed by atoms with E-state index in [1.165, 1.54) is 6.07 Å². The number of carbonyl (C=O) groups is 1. The molecule has 0 saturated carbocycles. The average molecular weight is 255 g/mol. The van der Waals surface area contributed by atoms with Gasteiger partial charge in [-0.15, -0.1) is 0 Å². The maximum Gasteiger partial charge on any atom is 0.264 e. The highest BCUT2D eigenvalue weighted by Gasteiger charge is 2.18. The first-order valence-corrected chi connectivity index (χ1v) is 6.02. The van der Waals surface area contributed by atoms with Crippen LogP contribution in [0.2, 0.25) is 0 Å². The largest absolute Gasteiger partial charge is 0.349 e. The molecule has 0 radical (unpaired) electrons. The van der Waals surface area contributed by atoms with Crippen LogP contribution < -0.4 is 5.32 Å². The normalized spacial score (nSPS) is 12.9. The SMILES string of the molecule is Cc1c(C(F)F)cccc1[C@@H](C)NC(=O)C(C)C. The number of halogens is 2. The summed E-state index contributed by atoms with van der Waals surface area (Å²) in [6.45, 7) is 7.06. The fraction of sp³-hybridized carbons (Fsp3) is 0.500. The molecule has 4 heteroatoms. The minimum absolute atomic E-state index is 0.0261. The highest BCUT2D eigenvalue weighted by atomic mass is 19.3. The Hall–Kier alpha value is -1.45. The van der Waals surface area contributed by atoms with Crippen molar-refractivity contribution in [1.82, 2.24) is 5.32 Å². The van der Waals surface area contributed by atoms with Crippen LogP contribution in [0.5, 0.6) is 0 Å². The molecule has 0 saturated heterocycles. The first-order valence-electron chi connectivity index (χ1n) is 6.02. The predicted octanol–water partition coefficient (Wildman–Crippen LogP) is 3.77. The monoisotopic (exact) mass is 255 g/mol. The topological polar surface area (TPSA) is 29.1 Å². The molecule has 0 unspecified atom stereocenters. The van der Waals surface area contributed by atoms with Crippen molar-refractivity contribution in [2.24, 2.45) is 5.92 Å². The molecule has 0 heterocycles. The maximum atomic E-state index is 12.8. The van der Waals surface area contributed by atoms with Gasteiger partial charge in [0.25, 0.3) is 6.43 Å². The number of benzene rings is 1.